The zero-order valence-corrected chi connectivity index (χ0v) is 8.00. The topological polar surface area (TPSA) is 73.6 Å². The van der Waals surface area contributed by atoms with Crippen molar-refractivity contribution < 1.29 is 0 Å². The van der Waals surface area contributed by atoms with Gasteiger partial charge in [0.15, 0.2) is 5.82 Å². The lowest BCUT2D eigenvalue weighted by Crippen LogP contribution is -2.15. The van der Waals surface area contributed by atoms with E-state index in [4.69, 9.17) is 0 Å². The summed E-state index contributed by atoms with van der Waals surface area (Å²) in [7, 11) is 0. The molecule has 0 saturated carbocycles. The summed E-state index contributed by atoms with van der Waals surface area (Å²) >= 11 is 0. The number of hydrogen-bond donors (Lipinski definition) is 3. The van der Waals surface area contributed by atoms with Crippen LogP contribution in [0.15, 0.2) is 23.1 Å². The molecule has 5 heteroatoms. The maximum absolute atomic E-state index is 11.7. The van der Waals surface area contributed by atoms with Crippen LogP contribution in [0.3, 0.4) is 0 Å². The Hall–Kier alpha value is -1.88. The standard InChI is InChI=1S/C10H10N4O/c15-10-6-4-11-5-8(6)13-9(14-10)7-2-1-3-12-7/h1-3,11-12H,4-5H2,(H,13,14,15). The SMILES string of the molecule is O=c1[nH]c(-c2ccc[nH]2)nc2c1CNC2. The molecule has 0 unspecified atom stereocenters. The third-order valence-electron chi connectivity index (χ3n) is 2.55. The average Bonchev–Trinajstić information content (AvgIpc) is 2.88. The number of fused-ring (bicyclic) bond motifs is 1. The molecule has 0 aromatic carbocycles. The number of aromatic nitrogens is 3. The Labute approximate surface area is 85.6 Å². The largest absolute Gasteiger partial charge is 0.359 e. The number of H-pyrrole nitrogens is 2. The highest BCUT2D eigenvalue weighted by atomic mass is 16.1. The highest BCUT2D eigenvalue weighted by molar-refractivity contribution is 5.49. The van der Waals surface area contributed by atoms with Gasteiger partial charge >= 0.3 is 0 Å². The molecule has 0 radical (unpaired) electrons. The Morgan fingerprint density at radius 2 is 2.27 bits per heavy atom. The van der Waals surface area contributed by atoms with E-state index in [0.29, 0.717) is 18.9 Å². The first-order valence-electron chi connectivity index (χ1n) is 4.81. The molecule has 76 valence electrons. The fourth-order valence-corrected chi connectivity index (χ4v) is 1.78. The number of nitrogens with one attached hydrogen (secondary N) is 3. The highest BCUT2D eigenvalue weighted by Crippen LogP contribution is 2.14. The normalized spacial score (nSPS) is 14.1. The van der Waals surface area contributed by atoms with Gasteiger partial charge in [0.1, 0.15) is 0 Å². The van der Waals surface area contributed by atoms with Crippen LogP contribution in [0.5, 0.6) is 0 Å². The van der Waals surface area contributed by atoms with E-state index in [-0.39, 0.29) is 5.56 Å². The molecule has 0 aliphatic carbocycles. The van der Waals surface area contributed by atoms with Crippen molar-refractivity contribution in [3.05, 3.63) is 39.9 Å². The van der Waals surface area contributed by atoms with Gasteiger partial charge in [-0.2, -0.15) is 0 Å². The van der Waals surface area contributed by atoms with Gasteiger partial charge in [0.05, 0.1) is 17.0 Å². The van der Waals surface area contributed by atoms with Gasteiger partial charge in [-0.1, -0.05) is 0 Å². The molecule has 1 aliphatic heterocycles. The van der Waals surface area contributed by atoms with Crippen LogP contribution >= 0.6 is 0 Å². The van der Waals surface area contributed by atoms with Gasteiger partial charge in [-0.3, -0.25) is 4.79 Å². The maximum atomic E-state index is 11.7. The first-order chi connectivity index (χ1) is 7.34. The molecule has 5 nitrogen and oxygen atoms in total. The van der Waals surface area contributed by atoms with E-state index in [1.54, 1.807) is 6.20 Å². The fourth-order valence-electron chi connectivity index (χ4n) is 1.78. The van der Waals surface area contributed by atoms with Crippen molar-refractivity contribution in [2.24, 2.45) is 0 Å². The van der Waals surface area contributed by atoms with Crippen molar-refractivity contribution in [2.45, 2.75) is 13.1 Å². The van der Waals surface area contributed by atoms with Gasteiger partial charge in [0.2, 0.25) is 0 Å². The second-order valence-electron chi connectivity index (χ2n) is 3.53. The van der Waals surface area contributed by atoms with E-state index < -0.39 is 0 Å². The predicted molar refractivity (Wildman–Crippen MR) is 55.2 cm³/mol. The van der Waals surface area contributed by atoms with E-state index >= 15 is 0 Å². The van der Waals surface area contributed by atoms with Crippen molar-refractivity contribution in [2.75, 3.05) is 0 Å². The van der Waals surface area contributed by atoms with E-state index in [0.717, 1.165) is 17.0 Å². The lowest BCUT2D eigenvalue weighted by molar-refractivity contribution is 0.757. The monoisotopic (exact) mass is 202 g/mol. The van der Waals surface area contributed by atoms with Crippen molar-refractivity contribution >= 4 is 0 Å². The third-order valence-corrected chi connectivity index (χ3v) is 2.55. The third kappa shape index (κ3) is 1.28. The summed E-state index contributed by atoms with van der Waals surface area (Å²) in [5, 5.41) is 3.11. The summed E-state index contributed by atoms with van der Waals surface area (Å²) in [6, 6.07) is 3.76. The Balaban J connectivity index is 2.20. The van der Waals surface area contributed by atoms with Crippen LogP contribution in [0.2, 0.25) is 0 Å². The zero-order chi connectivity index (χ0) is 10.3. The summed E-state index contributed by atoms with van der Waals surface area (Å²) in [5.41, 5.74) is 2.39. The van der Waals surface area contributed by atoms with Gasteiger partial charge in [-0.05, 0) is 12.1 Å². The second-order valence-corrected chi connectivity index (χ2v) is 3.53. The van der Waals surface area contributed by atoms with Crippen LogP contribution in [0, 0.1) is 0 Å². The van der Waals surface area contributed by atoms with Crippen LogP contribution in [-0.4, -0.2) is 15.0 Å². The summed E-state index contributed by atoms with van der Waals surface area (Å²) in [5.74, 6) is 0.604. The molecular weight excluding hydrogens is 192 g/mol. The first kappa shape index (κ1) is 8.43. The summed E-state index contributed by atoms with van der Waals surface area (Å²) in [4.78, 5) is 21.9. The Morgan fingerprint density at radius 3 is 3.07 bits per heavy atom. The summed E-state index contributed by atoms with van der Waals surface area (Å²) < 4.78 is 0. The van der Waals surface area contributed by atoms with Gasteiger partial charge < -0.3 is 15.3 Å². The Kier molecular flexibility index (Phi) is 1.72. The quantitative estimate of drug-likeness (QED) is 0.625. The van der Waals surface area contributed by atoms with E-state index in [1.807, 2.05) is 12.1 Å². The minimum absolute atomic E-state index is 0.0467. The fraction of sp³-hybridized carbons (Fsp3) is 0.200. The lowest BCUT2D eigenvalue weighted by Gasteiger charge is -2.00. The van der Waals surface area contributed by atoms with Crippen LogP contribution in [0.1, 0.15) is 11.3 Å². The number of nitrogens with zero attached hydrogens (tertiary/aromatic N) is 1. The molecule has 2 aromatic heterocycles. The lowest BCUT2D eigenvalue weighted by atomic mass is 10.2. The predicted octanol–water partition coefficient (Wildman–Crippen LogP) is 0.368. The first-order valence-corrected chi connectivity index (χ1v) is 4.81. The molecule has 0 spiro atoms. The van der Waals surface area contributed by atoms with E-state index in [9.17, 15) is 4.79 Å². The minimum Gasteiger partial charge on any atom is -0.359 e. The zero-order valence-electron chi connectivity index (χ0n) is 8.00. The molecule has 0 bridgehead atoms. The van der Waals surface area contributed by atoms with Crippen LogP contribution in [0.25, 0.3) is 11.5 Å². The van der Waals surface area contributed by atoms with Gasteiger partial charge in [-0.25, -0.2) is 4.98 Å². The Bertz CT molecular complexity index is 541. The molecule has 1 aliphatic rings. The summed E-state index contributed by atoms with van der Waals surface area (Å²) in [6.07, 6.45) is 1.81. The Morgan fingerprint density at radius 1 is 1.33 bits per heavy atom. The molecule has 0 saturated heterocycles. The van der Waals surface area contributed by atoms with Crippen LogP contribution in [0.4, 0.5) is 0 Å². The molecule has 3 rings (SSSR count). The number of hydrogen-bond acceptors (Lipinski definition) is 3. The molecule has 3 N–H and O–H groups in total. The average molecular weight is 202 g/mol. The molecular formula is C10H10N4O. The van der Waals surface area contributed by atoms with Gasteiger partial charge in [-0.15, -0.1) is 0 Å². The van der Waals surface area contributed by atoms with Crippen LogP contribution < -0.4 is 10.9 Å². The summed E-state index contributed by atoms with van der Waals surface area (Å²) in [6.45, 7) is 1.29. The van der Waals surface area contributed by atoms with Crippen molar-refractivity contribution in [3.8, 4) is 11.5 Å². The van der Waals surface area contributed by atoms with Crippen molar-refractivity contribution in [1.29, 1.82) is 0 Å². The van der Waals surface area contributed by atoms with Crippen molar-refractivity contribution in [1.82, 2.24) is 20.3 Å². The molecule has 15 heavy (non-hydrogen) atoms. The van der Waals surface area contributed by atoms with Gasteiger partial charge in [0.25, 0.3) is 5.56 Å². The molecule has 2 aromatic rings. The smallest absolute Gasteiger partial charge is 0.256 e. The molecule has 0 amide bonds. The number of rotatable bonds is 1. The molecule has 3 heterocycles. The van der Waals surface area contributed by atoms with Crippen molar-refractivity contribution in [3.63, 3.8) is 0 Å². The highest BCUT2D eigenvalue weighted by Gasteiger charge is 2.16. The van der Waals surface area contributed by atoms with E-state index in [1.165, 1.54) is 0 Å². The second kappa shape index (κ2) is 3.06. The van der Waals surface area contributed by atoms with Crippen LogP contribution in [-0.2, 0) is 13.1 Å². The molecule has 0 atom stereocenters. The van der Waals surface area contributed by atoms with Gasteiger partial charge in [0, 0.05) is 19.3 Å². The minimum atomic E-state index is -0.0467. The molecule has 0 fully saturated rings. The maximum Gasteiger partial charge on any atom is 0.256 e. The van der Waals surface area contributed by atoms with E-state index in [2.05, 4.69) is 20.3 Å². The number of aromatic amines is 2.